The summed E-state index contributed by atoms with van der Waals surface area (Å²) in [4.78, 5) is 21.0. The number of hydrogen-bond donors (Lipinski definition) is 2. The van der Waals surface area contributed by atoms with Gasteiger partial charge in [0.1, 0.15) is 12.1 Å². The molecule has 0 aliphatic carbocycles. The number of nitrogens with one attached hydrogen (secondary N) is 1. The van der Waals surface area contributed by atoms with E-state index in [1.807, 2.05) is 37.3 Å². The highest BCUT2D eigenvalue weighted by Gasteiger charge is 2.20. The Morgan fingerprint density at radius 1 is 1.08 bits per heavy atom. The van der Waals surface area contributed by atoms with Crippen molar-refractivity contribution in [3.05, 3.63) is 75.8 Å². The number of rotatable bonds is 5. The van der Waals surface area contributed by atoms with E-state index >= 15 is 0 Å². The Hall–Kier alpha value is -2.77. The van der Waals surface area contributed by atoms with Crippen molar-refractivity contribution in [3.8, 4) is 0 Å². The molecule has 0 fully saturated rings. The second kappa shape index (κ2) is 9.51. The number of carbonyl (C=O) groups excluding carboxylic acids is 1. The highest BCUT2D eigenvalue weighted by Crippen LogP contribution is 2.14. The van der Waals surface area contributed by atoms with E-state index in [1.165, 1.54) is 4.90 Å². The van der Waals surface area contributed by atoms with E-state index in [1.54, 1.807) is 0 Å². The van der Waals surface area contributed by atoms with Gasteiger partial charge in [0.25, 0.3) is 5.69 Å². The molecule has 25 heavy (non-hydrogen) atoms. The maximum absolute atomic E-state index is 10.2. The summed E-state index contributed by atoms with van der Waals surface area (Å²) in [7, 11) is 4.10. The van der Waals surface area contributed by atoms with Crippen molar-refractivity contribution in [2.45, 2.75) is 19.1 Å². The molecule has 0 saturated carbocycles. The Balaban J connectivity index is 0.000000251. The number of carboxylic acids is 1. The number of nitrogens with zero attached hydrogens (tertiary/aromatic N) is 1. The molecule has 7 heteroatoms. The molecule has 0 aliphatic rings. The van der Waals surface area contributed by atoms with E-state index in [9.17, 15) is 25.1 Å². The molecule has 0 amide bonds. The summed E-state index contributed by atoms with van der Waals surface area (Å²) >= 11 is 0. The molecule has 2 rings (SSSR count). The fraction of sp³-hybridized carbons (Fsp3) is 0.278. The van der Waals surface area contributed by atoms with Crippen LogP contribution in [0.3, 0.4) is 0 Å². The first-order valence-electron chi connectivity index (χ1n) is 7.73. The third kappa shape index (κ3) is 6.33. The SMILES string of the molecule is CC(C(O)c1ccccc1)[NH+](C)C.O=C([O-])c1ccc([N+](=O)[O-])cc1. The van der Waals surface area contributed by atoms with Gasteiger partial charge in [-0.1, -0.05) is 30.3 Å². The minimum absolute atomic E-state index is 0.0689. The smallest absolute Gasteiger partial charge is 0.269 e. The first kappa shape index (κ1) is 20.3. The zero-order valence-corrected chi connectivity index (χ0v) is 14.4. The van der Waals surface area contributed by atoms with Crippen LogP contribution in [-0.2, 0) is 0 Å². The highest BCUT2D eigenvalue weighted by molar-refractivity contribution is 5.85. The lowest BCUT2D eigenvalue weighted by atomic mass is 10.0. The van der Waals surface area contributed by atoms with Crippen LogP contribution in [0, 0.1) is 10.1 Å². The van der Waals surface area contributed by atoms with E-state index in [0.717, 1.165) is 29.8 Å². The van der Waals surface area contributed by atoms with Crippen molar-refractivity contribution in [1.29, 1.82) is 0 Å². The van der Waals surface area contributed by atoms with Crippen LogP contribution in [-0.4, -0.2) is 36.1 Å². The molecule has 0 spiro atoms. The molecule has 0 radical (unpaired) electrons. The molecule has 2 atom stereocenters. The number of likely N-dealkylation sites (N-methyl/N-ethyl adjacent to an activating group) is 1. The monoisotopic (exact) mass is 346 g/mol. The minimum Gasteiger partial charge on any atom is -0.545 e. The number of aliphatic hydroxyl groups excluding tert-OH is 1. The number of benzene rings is 2. The largest absolute Gasteiger partial charge is 0.545 e. The average molecular weight is 346 g/mol. The van der Waals surface area contributed by atoms with Gasteiger partial charge in [-0.25, -0.2) is 0 Å². The third-order valence-electron chi connectivity index (χ3n) is 3.84. The quantitative estimate of drug-likeness (QED) is 0.594. The molecule has 2 aromatic rings. The van der Waals surface area contributed by atoms with E-state index in [4.69, 9.17) is 0 Å². The number of aromatic carboxylic acids is 1. The average Bonchev–Trinajstić information content (AvgIpc) is 2.61. The second-order valence-electron chi connectivity index (χ2n) is 5.81. The maximum Gasteiger partial charge on any atom is 0.269 e. The molecular formula is C18H22N2O5. The van der Waals surface area contributed by atoms with Gasteiger partial charge in [0.2, 0.25) is 0 Å². The molecule has 134 valence electrons. The number of aliphatic hydroxyl groups is 1. The van der Waals surface area contributed by atoms with Crippen molar-refractivity contribution >= 4 is 11.7 Å². The van der Waals surface area contributed by atoms with E-state index in [2.05, 4.69) is 14.1 Å². The highest BCUT2D eigenvalue weighted by atomic mass is 16.6. The number of non-ortho nitro benzene ring substituents is 1. The van der Waals surface area contributed by atoms with Crippen LogP contribution >= 0.6 is 0 Å². The number of quaternary nitrogens is 1. The number of carbonyl (C=O) groups is 1. The first-order valence-corrected chi connectivity index (χ1v) is 7.73. The van der Waals surface area contributed by atoms with E-state index < -0.39 is 10.9 Å². The van der Waals surface area contributed by atoms with Crippen molar-refractivity contribution in [1.82, 2.24) is 0 Å². The predicted molar refractivity (Wildman–Crippen MR) is 91.1 cm³/mol. The topological polar surface area (TPSA) is 108 Å². The molecule has 2 aromatic carbocycles. The molecule has 0 aliphatic heterocycles. The summed E-state index contributed by atoms with van der Waals surface area (Å²) in [6.45, 7) is 2.05. The molecule has 2 N–H and O–H groups in total. The van der Waals surface area contributed by atoms with Gasteiger partial charge in [-0.05, 0) is 30.2 Å². The van der Waals surface area contributed by atoms with Gasteiger partial charge >= 0.3 is 0 Å². The van der Waals surface area contributed by atoms with Crippen LogP contribution in [0.15, 0.2) is 54.6 Å². The lowest BCUT2D eigenvalue weighted by molar-refractivity contribution is -0.888. The molecule has 0 bridgehead atoms. The minimum atomic E-state index is -1.34. The Morgan fingerprint density at radius 2 is 1.60 bits per heavy atom. The van der Waals surface area contributed by atoms with Crippen LogP contribution < -0.4 is 10.0 Å². The first-order chi connectivity index (χ1) is 11.7. The van der Waals surface area contributed by atoms with Gasteiger partial charge in [0.15, 0.2) is 0 Å². The summed E-state index contributed by atoms with van der Waals surface area (Å²) < 4.78 is 0. The molecule has 0 saturated heterocycles. The molecule has 7 nitrogen and oxygen atoms in total. The Bertz CT molecular complexity index is 653. The van der Waals surface area contributed by atoms with Crippen LogP contribution in [0.1, 0.15) is 28.9 Å². The summed E-state index contributed by atoms with van der Waals surface area (Å²) in [6, 6.07) is 14.5. The lowest BCUT2D eigenvalue weighted by Gasteiger charge is -2.22. The Labute approximate surface area is 146 Å². The summed E-state index contributed by atoms with van der Waals surface area (Å²) in [5.41, 5.74) is 0.789. The van der Waals surface area contributed by atoms with Gasteiger partial charge in [-0.3, -0.25) is 10.1 Å². The fourth-order valence-corrected chi connectivity index (χ4v) is 1.97. The van der Waals surface area contributed by atoms with Crippen LogP contribution in [0.4, 0.5) is 5.69 Å². The summed E-state index contributed by atoms with van der Waals surface area (Å²) in [5, 5.41) is 30.3. The number of hydrogen-bond acceptors (Lipinski definition) is 5. The summed E-state index contributed by atoms with van der Waals surface area (Å²) in [5.74, 6) is -1.34. The van der Waals surface area contributed by atoms with Crippen molar-refractivity contribution in [2.75, 3.05) is 14.1 Å². The number of nitro benzene ring substituents is 1. The van der Waals surface area contributed by atoms with E-state index in [0.29, 0.717) is 0 Å². The van der Waals surface area contributed by atoms with Gasteiger partial charge in [-0.2, -0.15) is 0 Å². The Kier molecular flexibility index (Phi) is 7.71. The number of carboxylic acid groups (broad SMARTS) is 1. The molecular weight excluding hydrogens is 324 g/mol. The van der Waals surface area contributed by atoms with Crippen LogP contribution in [0.5, 0.6) is 0 Å². The lowest BCUT2D eigenvalue weighted by Crippen LogP contribution is -3.10. The van der Waals surface area contributed by atoms with E-state index in [-0.39, 0.29) is 23.4 Å². The number of nitro groups is 1. The predicted octanol–water partition coefficient (Wildman–Crippen LogP) is 0.211. The second-order valence-corrected chi connectivity index (χ2v) is 5.81. The van der Waals surface area contributed by atoms with Crippen molar-refractivity contribution < 1.29 is 24.8 Å². The normalized spacial score (nSPS) is 12.7. The molecule has 0 aromatic heterocycles. The van der Waals surface area contributed by atoms with Crippen LogP contribution in [0.25, 0.3) is 0 Å². The third-order valence-corrected chi connectivity index (χ3v) is 3.84. The molecule has 0 heterocycles. The summed E-state index contributed by atoms with van der Waals surface area (Å²) in [6.07, 6.45) is -0.369. The van der Waals surface area contributed by atoms with Crippen LogP contribution in [0.2, 0.25) is 0 Å². The maximum atomic E-state index is 10.2. The fourth-order valence-electron chi connectivity index (χ4n) is 1.97. The van der Waals surface area contributed by atoms with Gasteiger partial charge < -0.3 is 19.9 Å². The van der Waals surface area contributed by atoms with Gasteiger partial charge in [0, 0.05) is 12.1 Å². The van der Waals surface area contributed by atoms with Crippen molar-refractivity contribution in [3.63, 3.8) is 0 Å². The molecule has 2 unspecified atom stereocenters. The zero-order chi connectivity index (χ0) is 19.0. The van der Waals surface area contributed by atoms with Gasteiger partial charge in [-0.15, -0.1) is 0 Å². The standard InChI is InChI=1S/C11H17NO.C7H5NO4/c1-9(12(2)3)11(13)10-7-5-4-6-8-10;9-7(10)5-1-3-6(4-2-5)8(11)12/h4-9,11,13H,1-3H3;1-4H,(H,9,10). The zero-order valence-electron chi connectivity index (χ0n) is 14.4. The van der Waals surface area contributed by atoms with Gasteiger partial charge in [0.05, 0.1) is 25.0 Å². The van der Waals surface area contributed by atoms with Crippen molar-refractivity contribution in [2.24, 2.45) is 0 Å². The Morgan fingerprint density at radius 3 is 2.00 bits per heavy atom.